The molecule has 0 aliphatic carbocycles. The molecule has 0 aromatic heterocycles. The Balaban J connectivity index is 0.976. The molecule has 0 fully saturated rings. The minimum Gasteiger partial charge on any atom is -0.311 e. The van der Waals surface area contributed by atoms with Crippen LogP contribution in [-0.4, -0.2) is 0 Å². The van der Waals surface area contributed by atoms with Gasteiger partial charge >= 0.3 is 0 Å². The van der Waals surface area contributed by atoms with Crippen LogP contribution in [0, 0.1) is 0 Å². The summed E-state index contributed by atoms with van der Waals surface area (Å²) in [6.45, 7) is 0. The van der Waals surface area contributed by atoms with Gasteiger partial charge in [-0.25, -0.2) is 0 Å². The first-order chi connectivity index (χ1) is 35.9. The molecule has 0 heterocycles. The Hall–Kier alpha value is -9.04. The molecule has 0 unspecified atom stereocenters. The fourth-order valence-corrected chi connectivity index (χ4v) is 9.58. The Kier molecular flexibility index (Phi) is 9.85. The van der Waals surface area contributed by atoms with Crippen LogP contribution in [0.3, 0.4) is 0 Å². The molecule has 1 nitrogen and oxygen atoms in total. The van der Waals surface area contributed by atoms with Crippen molar-refractivity contribution >= 4 is 38.6 Å². The van der Waals surface area contributed by atoms with Gasteiger partial charge in [0.05, 0.1) is 5.48 Å². The van der Waals surface area contributed by atoms with Crippen LogP contribution in [0.5, 0.6) is 0 Å². The monoisotopic (exact) mass is 881 g/mol. The molecule has 12 rings (SSSR count). The van der Waals surface area contributed by atoms with Crippen molar-refractivity contribution in [1.82, 2.24) is 0 Å². The van der Waals surface area contributed by atoms with Gasteiger partial charge in [0.15, 0.2) is 0 Å². The molecule has 0 bridgehead atoms. The van der Waals surface area contributed by atoms with E-state index in [1.165, 1.54) is 5.39 Å². The topological polar surface area (TPSA) is 3.24 Å². The summed E-state index contributed by atoms with van der Waals surface area (Å²) in [7, 11) is 0. The van der Waals surface area contributed by atoms with Crippen molar-refractivity contribution in [3.8, 4) is 77.9 Å². The Bertz CT molecular complexity index is 3880. The predicted octanol–water partition coefficient (Wildman–Crippen LogP) is 19.1. The van der Waals surface area contributed by atoms with Crippen molar-refractivity contribution in [2.45, 2.75) is 0 Å². The largest absolute Gasteiger partial charge is 0.311 e. The number of hydrogen-bond donors (Lipinski definition) is 0. The summed E-state index contributed by atoms with van der Waals surface area (Å²) in [6, 6.07) is 89.2. The third-order valence-electron chi connectivity index (χ3n) is 13.1. The van der Waals surface area contributed by atoms with Crippen LogP contribution < -0.4 is 4.90 Å². The first-order valence-corrected chi connectivity index (χ1v) is 23.4. The number of rotatable bonds is 10. The van der Waals surface area contributed by atoms with Gasteiger partial charge in [-0.3, -0.25) is 0 Å². The van der Waals surface area contributed by atoms with E-state index in [0.29, 0.717) is 16.9 Å². The lowest BCUT2D eigenvalue weighted by molar-refractivity contribution is 1.28. The Labute approximate surface area is 410 Å². The van der Waals surface area contributed by atoms with Crippen molar-refractivity contribution in [3.05, 3.63) is 285 Å². The molecule has 1 heteroatoms. The van der Waals surface area contributed by atoms with Crippen molar-refractivity contribution in [2.24, 2.45) is 0 Å². The molecular weight excluding hydrogens is 831 g/mol. The van der Waals surface area contributed by atoms with Crippen LogP contribution in [0.15, 0.2) is 285 Å². The van der Waals surface area contributed by atoms with Crippen LogP contribution in [0.25, 0.3) is 99.4 Å². The number of hydrogen-bond acceptors (Lipinski definition) is 1. The average molecular weight is 882 g/mol. The zero-order valence-electron chi connectivity index (χ0n) is 41.8. The summed E-state index contributed by atoms with van der Waals surface area (Å²) >= 11 is 0. The van der Waals surface area contributed by atoms with Gasteiger partial charge in [0.1, 0.15) is 0 Å². The summed E-state index contributed by atoms with van der Waals surface area (Å²) in [5.74, 6) is 0. The van der Waals surface area contributed by atoms with Gasteiger partial charge in [0.25, 0.3) is 0 Å². The molecule has 0 N–H and O–H groups in total. The summed E-state index contributed by atoms with van der Waals surface area (Å²) in [4.78, 5) is 1.87. The van der Waals surface area contributed by atoms with Crippen LogP contribution in [-0.2, 0) is 0 Å². The average Bonchev–Trinajstić information content (AvgIpc) is 3.46. The summed E-state index contributed by atoms with van der Waals surface area (Å²) < 4.78 is 38.6. The van der Waals surface area contributed by atoms with E-state index in [4.69, 9.17) is 0 Å². The molecule has 324 valence electrons. The molecule has 0 radical (unpaired) electrons. The van der Waals surface area contributed by atoms with Crippen LogP contribution in [0.1, 0.15) is 5.48 Å². The first-order valence-electron chi connectivity index (χ1n) is 25.4. The molecule has 0 spiro atoms. The van der Waals surface area contributed by atoms with E-state index in [1.807, 2.05) is 83.8 Å². The highest BCUT2D eigenvalue weighted by atomic mass is 15.1. The van der Waals surface area contributed by atoms with E-state index in [-0.39, 0.29) is 35.4 Å². The van der Waals surface area contributed by atoms with E-state index in [1.54, 1.807) is 0 Å². The van der Waals surface area contributed by atoms with Gasteiger partial charge in [-0.1, -0.05) is 224 Å². The van der Waals surface area contributed by atoms with Gasteiger partial charge in [-0.15, -0.1) is 0 Å². The fraction of sp³-hybridized carbons (Fsp3) is 0. The van der Waals surface area contributed by atoms with E-state index >= 15 is 0 Å². The molecule has 0 saturated carbocycles. The lowest BCUT2D eigenvalue weighted by Crippen LogP contribution is -2.09. The second kappa shape index (κ2) is 18.3. The highest BCUT2D eigenvalue weighted by Crippen LogP contribution is 2.42. The molecule has 0 aliphatic rings. The zero-order valence-corrected chi connectivity index (χ0v) is 37.8. The second-order valence-electron chi connectivity index (χ2n) is 17.4. The van der Waals surface area contributed by atoms with Crippen LogP contribution in [0.2, 0.25) is 0 Å². The normalized spacial score (nSPS) is 12.0. The summed E-state index contributed by atoms with van der Waals surface area (Å²) in [5.41, 5.74) is 15.4. The van der Waals surface area contributed by atoms with Gasteiger partial charge in [-0.2, -0.15) is 0 Å². The van der Waals surface area contributed by atoms with Crippen molar-refractivity contribution in [3.63, 3.8) is 0 Å². The molecule has 0 atom stereocenters. The Morgan fingerprint density at radius 2 is 0.638 bits per heavy atom. The van der Waals surface area contributed by atoms with Crippen LogP contribution in [0.4, 0.5) is 17.1 Å². The zero-order chi connectivity index (χ0) is 49.4. The Morgan fingerprint density at radius 1 is 0.232 bits per heavy atom. The standard InChI is InChI=1S/C68H47N/c1-4-14-48(15-5-1)60-45-61(49-16-6-2-7-17-49)47-62(46-60)54-32-39-64(40-33-54)69(63-37-30-52(31-38-63)51-24-26-53(27-25-51)59-29-28-50-18-10-11-22-58(50)44-59)65-41-34-56(35-42-65)67-43-36-55-19-12-13-23-66(55)68(67)57-20-8-3-9-21-57/h1-47H/i30D,31D,37D,38D. The summed E-state index contributed by atoms with van der Waals surface area (Å²) in [6.07, 6.45) is 0. The highest BCUT2D eigenvalue weighted by molar-refractivity contribution is 6.04. The summed E-state index contributed by atoms with van der Waals surface area (Å²) in [5, 5.41) is 4.63. The van der Waals surface area contributed by atoms with Gasteiger partial charge in [0, 0.05) is 17.1 Å². The fourth-order valence-electron chi connectivity index (χ4n) is 9.58. The van der Waals surface area contributed by atoms with Gasteiger partial charge in [-0.05, 0) is 160 Å². The van der Waals surface area contributed by atoms with E-state index in [9.17, 15) is 5.48 Å². The van der Waals surface area contributed by atoms with E-state index < -0.39 is 0 Å². The lowest BCUT2D eigenvalue weighted by Gasteiger charge is -2.26. The van der Waals surface area contributed by atoms with Crippen LogP contribution >= 0.6 is 0 Å². The quantitative estimate of drug-likeness (QED) is 0.132. The minimum absolute atomic E-state index is 0.109. The lowest BCUT2D eigenvalue weighted by atomic mass is 9.90. The molecule has 0 saturated heterocycles. The number of anilines is 3. The maximum atomic E-state index is 9.74. The third kappa shape index (κ3) is 8.39. The first kappa shape index (κ1) is 37.1. The van der Waals surface area contributed by atoms with Crippen molar-refractivity contribution < 1.29 is 5.48 Å². The highest BCUT2D eigenvalue weighted by Gasteiger charge is 2.17. The SMILES string of the molecule is [2H]c1c([2H])c(N(c2ccc(-c3cc(-c4ccccc4)cc(-c4ccccc4)c3)cc2)c2ccc(-c3ccc4ccccc4c3-c3ccccc3)cc2)c([2H])c([2H])c1-c1ccc(-c2ccc3ccccc3c2)cc1. The maximum Gasteiger partial charge on any atom is 0.0645 e. The molecule has 0 amide bonds. The Morgan fingerprint density at radius 3 is 1.22 bits per heavy atom. The van der Waals surface area contributed by atoms with Crippen molar-refractivity contribution in [2.75, 3.05) is 4.90 Å². The smallest absolute Gasteiger partial charge is 0.0645 e. The molecular formula is C68H47N. The molecule has 0 aliphatic heterocycles. The third-order valence-corrected chi connectivity index (χ3v) is 13.1. The molecule has 69 heavy (non-hydrogen) atoms. The van der Waals surface area contributed by atoms with Gasteiger partial charge in [0.2, 0.25) is 0 Å². The van der Waals surface area contributed by atoms with E-state index in [2.05, 4.69) is 182 Å². The molecule has 12 aromatic carbocycles. The predicted molar refractivity (Wildman–Crippen MR) is 294 cm³/mol. The maximum absolute atomic E-state index is 9.74. The van der Waals surface area contributed by atoms with Gasteiger partial charge < -0.3 is 4.90 Å². The molecule has 12 aromatic rings. The number of benzene rings is 12. The van der Waals surface area contributed by atoms with E-state index in [0.717, 1.165) is 82.9 Å². The minimum atomic E-state index is -0.133. The number of nitrogens with zero attached hydrogens (tertiary/aromatic N) is 1. The second-order valence-corrected chi connectivity index (χ2v) is 17.4. The number of fused-ring (bicyclic) bond motifs is 2. The van der Waals surface area contributed by atoms with Crippen molar-refractivity contribution in [1.29, 1.82) is 0 Å².